The van der Waals surface area contributed by atoms with Crippen LogP contribution in [0.25, 0.3) is 0 Å². The van der Waals surface area contributed by atoms with Crippen LogP contribution >= 0.6 is 11.8 Å². The molecule has 160 valence electrons. The number of carbonyl (C=O) groups excluding carboxylic acids is 2. The Balaban J connectivity index is 2.11. The number of rotatable bonds is 6. The molecule has 0 radical (unpaired) electrons. The van der Waals surface area contributed by atoms with Crippen molar-refractivity contribution in [1.29, 1.82) is 0 Å². The third-order valence-corrected chi connectivity index (χ3v) is 6.28. The van der Waals surface area contributed by atoms with E-state index in [9.17, 15) is 18.0 Å². The van der Waals surface area contributed by atoms with Crippen LogP contribution in [0.2, 0.25) is 0 Å². The monoisotopic (exact) mass is 451 g/mol. The normalized spacial score (nSPS) is 13.7. The molecule has 0 unspecified atom stereocenters. The minimum Gasteiger partial charge on any atom is -0.399 e. The molecule has 0 fully saturated rings. The van der Waals surface area contributed by atoms with Crippen LogP contribution in [0, 0.1) is 6.92 Å². The number of nitrogens with zero attached hydrogens (tertiary/aromatic N) is 3. The van der Waals surface area contributed by atoms with Crippen molar-refractivity contribution in [3.8, 4) is 5.88 Å². The Morgan fingerprint density at radius 2 is 2.03 bits per heavy atom. The highest BCUT2D eigenvalue weighted by atomic mass is 32.2. The molecule has 0 saturated heterocycles. The fourth-order valence-corrected chi connectivity index (χ4v) is 4.49. The summed E-state index contributed by atoms with van der Waals surface area (Å²) in [7, 11) is -2.00. The van der Waals surface area contributed by atoms with E-state index in [0.717, 1.165) is 18.0 Å². The highest BCUT2D eigenvalue weighted by Gasteiger charge is 2.28. The first-order valence-electron chi connectivity index (χ1n) is 9.09. The van der Waals surface area contributed by atoms with Crippen molar-refractivity contribution in [2.75, 3.05) is 18.6 Å². The van der Waals surface area contributed by atoms with Gasteiger partial charge in [-0.25, -0.2) is 17.9 Å². The van der Waals surface area contributed by atoms with Crippen molar-refractivity contribution in [3.05, 3.63) is 40.6 Å². The molecule has 0 saturated carbocycles. The van der Waals surface area contributed by atoms with Crippen LogP contribution in [0.5, 0.6) is 5.88 Å². The first-order chi connectivity index (χ1) is 14.1. The number of ether oxygens (including phenoxy) is 1. The predicted molar refractivity (Wildman–Crippen MR) is 112 cm³/mol. The lowest BCUT2D eigenvalue weighted by Crippen LogP contribution is -2.15. The fraction of sp³-hybridized carbons (Fsp3) is 0.368. The van der Waals surface area contributed by atoms with E-state index in [4.69, 9.17) is 9.57 Å². The van der Waals surface area contributed by atoms with Crippen LogP contribution in [0.15, 0.2) is 28.4 Å². The van der Waals surface area contributed by atoms with Crippen molar-refractivity contribution in [2.45, 2.75) is 25.2 Å². The number of oxime groups is 1. The molecule has 0 amide bonds. The molecule has 2 aromatic rings. The van der Waals surface area contributed by atoms with E-state index in [2.05, 4.69) is 10.3 Å². The Labute approximate surface area is 178 Å². The molecular weight excluding hydrogens is 430 g/mol. The minimum absolute atomic E-state index is 0.0284. The Bertz CT molecular complexity index is 1150. The summed E-state index contributed by atoms with van der Waals surface area (Å²) < 4.78 is 31.2. The van der Waals surface area contributed by atoms with Crippen LogP contribution in [-0.2, 0) is 21.7 Å². The average molecular weight is 452 g/mol. The standard InChI is InChI=1S/C19H21N3O6S2/c1-5-29-19(24)28-18-13(10-20-22(18)3)17(23)12-6-7-15(30(4,25)26)16(11(12)2)14-8-9-27-21-14/h6-7,10H,5,8-9H2,1-4H3. The zero-order valence-electron chi connectivity index (χ0n) is 17.0. The molecule has 9 nitrogen and oxygen atoms in total. The van der Waals surface area contributed by atoms with Gasteiger partial charge in [-0.05, 0) is 36.4 Å². The summed E-state index contributed by atoms with van der Waals surface area (Å²) in [6.45, 7) is 3.81. The molecule has 0 spiro atoms. The smallest absolute Gasteiger partial charge is 0.374 e. The number of hydrogen-bond acceptors (Lipinski definition) is 9. The van der Waals surface area contributed by atoms with E-state index in [-0.39, 0.29) is 21.9 Å². The van der Waals surface area contributed by atoms with Crippen molar-refractivity contribution in [1.82, 2.24) is 9.78 Å². The number of thioether (sulfide) groups is 1. The summed E-state index contributed by atoms with van der Waals surface area (Å²) in [6, 6.07) is 2.84. The van der Waals surface area contributed by atoms with Gasteiger partial charge in [0, 0.05) is 36.6 Å². The van der Waals surface area contributed by atoms with Crippen LogP contribution in [0.3, 0.4) is 0 Å². The largest absolute Gasteiger partial charge is 0.399 e. The number of hydrogen-bond donors (Lipinski definition) is 0. The van der Waals surface area contributed by atoms with Gasteiger partial charge >= 0.3 is 5.30 Å². The van der Waals surface area contributed by atoms with Crippen molar-refractivity contribution in [3.63, 3.8) is 0 Å². The van der Waals surface area contributed by atoms with Gasteiger partial charge < -0.3 is 9.57 Å². The van der Waals surface area contributed by atoms with Gasteiger partial charge in [0.15, 0.2) is 15.6 Å². The Morgan fingerprint density at radius 3 is 2.63 bits per heavy atom. The summed E-state index contributed by atoms with van der Waals surface area (Å²) in [6.07, 6.45) is 2.86. The van der Waals surface area contributed by atoms with E-state index < -0.39 is 20.9 Å². The molecule has 1 aliphatic heterocycles. The summed E-state index contributed by atoms with van der Waals surface area (Å²) in [4.78, 5) is 30.3. The third-order valence-electron chi connectivity index (χ3n) is 4.54. The molecule has 1 aromatic carbocycles. The lowest BCUT2D eigenvalue weighted by molar-refractivity contribution is 0.103. The molecule has 11 heteroatoms. The molecular formula is C19H21N3O6S2. The van der Waals surface area contributed by atoms with Crippen LogP contribution in [-0.4, -0.2) is 53.6 Å². The molecule has 0 aliphatic carbocycles. The second-order valence-corrected chi connectivity index (χ2v) is 9.79. The van der Waals surface area contributed by atoms with Gasteiger partial charge in [0.1, 0.15) is 12.2 Å². The summed E-state index contributed by atoms with van der Waals surface area (Å²) >= 11 is 0.972. The van der Waals surface area contributed by atoms with E-state index in [1.54, 1.807) is 14.0 Å². The number of aromatic nitrogens is 2. The van der Waals surface area contributed by atoms with Crippen molar-refractivity contribution >= 4 is 38.4 Å². The number of ketones is 1. The molecule has 1 aliphatic rings. The van der Waals surface area contributed by atoms with E-state index in [0.29, 0.717) is 35.6 Å². The van der Waals surface area contributed by atoms with E-state index >= 15 is 0 Å². The maximum atomic E-state index is 13.3. The number of benzene rings is 1. The molecule has 0 bridgehead atoms. The first-order valence-corrected chi connectivity index (χ1v) is 12.0. The van der Waals surface area contributed by atoms with Gasteiger partial charge in [0.2, 0.25) is 5.88 Å². The van der Waals surface area contributed by atoms with Crippen molar-refractivity contribution in [2.24, 2.45) is 12.2 Å². The molecule has 2 heterocycles. The average Bonchev–Trinajstić information content (AvgIpc) is 3.31. The Kier molecular flexibility index (Phi) is 6.32. The highest BCUT2D eigenvalue weighted by molar-refractivity contribution is 8.13. The second kappa shape index (κ2) is 8.60. The van der Waals surface area contributed by atoms with Gasteiger partial charge in [0.25, 0.3) is 0 Å². The van der Waals surface area contributed by atoms with Gasteiger partial charge in [-0.1, -0.05) is 12.1 Å². The lowest BCUT2D eigenvalue weighted by atomic mass is 9.93. The predicted octanol–water partition coefficient (Wildman–Crippen LogP) is 2.74. The number of aryl methyl sites for hydroxylation is 1. The van der Waals surface area contributed by atoms with E-state index in [1.165, 1.54) is 23.0 Å². The zero-order chi connectivity index (χ0) is 22.1. The Hall–Kier alpha value is -2.66. The molecule has 1 aromatic heterocycles. The molecule has 3 rings (SSSR count). The van der Waals surface area contributed by atoms with Crippen LogP contribution in [0.1, 0.15) is 40.4 Å². The fourth-order valence-electron chi connectivity index (χ4n) is 3.16. The first kappa shape index (κ1) is 22.0. The van der Waals surface area contributed by atoms with E-state index in [1.807, 2.05) is 6.92 Å². The summed E-state index contributed by atoms with van der Waals surface area (Å²) in [5.41, 5.74) is 1.66. The minimum atomic E-state index is -3.56. The quantitative estimate of drug-likeness (QED) is 0.486. The Morgan fingerprint density at radius 1 is 1.30 bits per heavy atom. The molecule has 0 atom stereocenters. The third kappa shape index (κ3) is 4.26. The molecule has 30 heavy (non-hydrogen) atoms. The molecule has 0 N–H and O–H groups in total. The highest BCUT2D eigenvalue weighted by Crippen LogP contribution is 2.30. The second-order valence-electron chi connectivity index (χ2n) is 6.61. The number of carbonyl (C=O) groups is 2. The van der Waals surface area contributed by atoms with Gasteiger partial charge in [0.05, 0.1) is 16.8 Å². The SMILES string of the molecule is CCSC(=O)Oc1c(C(=O)c2ccc(S(C)(=O)=O)c(C3=NOCC3)c2C)cnn1C. The van der Waals surface area contributed by atoms with Crippen LogP contribution < -0.4 is 4.74 Å². The summed E-state index contributed by atoms with van der Waals surface area (Å²) in [5.74, 6) is 0.117. The van der Waals surface area contributed by atoms with Gasteiger partial charge in [-0.15, -0.1) is 0 Å². The summed E-state index contributed by atoms with van der Waals surface area (Å²) in [5, 5.41) is 7.44. The van der Waals surface area contributed by atoms with Crippen LogP contribution in [0.4, 0.5) is 4.79 Å². The van der Waals surface area contributed by atoms with Crippen molar-refractivity contribution < 1.29 is 27.6 Å². The topological polar surface area (TPSA) is 117 Å². The van der Waals surface area contributed by atoms with Gasteiger partial charge in [-0.2, -0.15) is 5.10 Å². The maximum absolute atomic E-state index is 13.3. The van der Waals surface area contributed by atoms with Gasteiger partial charge in [-0.3, -0.25) is 4.79 Å². The number of sulfone groups is 1. The lowest BCUT2D eigenvalue weighted by Gasteiger charge is -2.14. The zero-order valence-corrected chi connectivity index (χ0v) is 18.6. The maximum Gasteiger partial charge on any atom is 0.374 e.